The standard InChI is InChI=1S/C14H25N3O2/c1-14(2)7-4-5-11(9-14)15-10-13-16-12(17-19-13)6-8-18-3/h11,15H,4-10H2,1-3H3/t11-/m0/s1. The van der Waals surface area contributed by atoms with E-state index in [1.807, 2.05) is 0 Å². The molecule has 1 heterocycles. The van der Waals surface area contributed by atoms with Crippen molar-refractivity contribution >= 4 is 0 Å². The molecule has 5 nitrogen and oxygen atoms in total. The summed E-state index contributed by atoms with van der Waals surface area (Å²) >= 11 is 0. The Labute approximate surface area is 115 Å². The van der Waals surface area contributed by atoms with Crippen LogP contribution >= 0.6 is 0 Å². The van der Waals surface area contributed by atoms with Gasteiger partial charge in [0, 0.05) is 19.6 Å². The molecule has 108 valence electrons. The quantitative estimate of drug-likeness (QED) is 0.857. The van der Waals surface area contributed by atoms with Crippen LogP contribution in [-0.2, 0) is 17.7 Å². The van der Waals surface area contributed by atoms with Gasteiger partial charge in [0.25, 0.3) is 0 Å². The van der Waals surface area contributed by atoms with Crippen LogP contribution in [0.3, 0.4) is 0 Å². The fourth-order valence-corrected chi connectivity index (χ4v) is 2.76. The largest absolute Gasteiger partial charge is 0.384 e. The molecule has 19 heavy (non-hydrogen) atoms. The van der Waals surface area contributed by atoms with Gasteiger partial charge in [0.15, 0.2) is 5.82 Å². The summed E-state index contributed by atoms with van der Waals surface area (Å²) < 4.78 is 10.2. The second-order valence-corrected chi connectivity index (χ2v) is 6.19. The van der Waals surface area contributed by atoms with Crippen molar-refractivity contribution in [3.05, 3.63) is 11.7 Å². The van der Waals surface area contributed by atoms with Crippen molar-refractivity contribution in [1.82, 2.24) is 15.5 Å². The van der Waals surface area contributed by atoms with Gasteiger partial charge >= 0.3 is 0 Å². The molecular formula is C14H25N3O2. The van der Waals surface area contributed by atoms with Crippen LogP contribution < -0.4 is 5.32 Å². The summed E-state index contributed by atoms with van der Waals surface area (Å²) in [7, 11) is 1.67. The number of nitrogens with zero attached hydrogens (tertiary/aromatic N) is 2. The molecule has 0 unspecified atom stereocenters. The SMILES string of the molecule is COCCc1noc(CN[C@H]2CCCC(C)(C)C2)n1. The molecule has 0 saturated heterocycles. The zero-order valence-corrected chi connectivity index (χ0v) is 12.2. The minimum Gasteiger partial charge on any atom is -0.384 e. The maximum absolute atomic E-state index is 5.23. The van der Waals surface area contributed by atoms with Gasteiger partial charge < -0.3 is 14.6 Å². The van der Waals surface area contributed by atoms with Gasteiger partial charge in [-0.25, -0.2) is 0 Å². The van der Waals surface area contributed by atoms with E-state index >= 15 is 0 Å². The third kappa shape index (κ3) is 4.58. The summed E-state index contributed by atoms with van der Waals surface area (Å²) in [6.07, 6.45) is 5.79. The van der Waals surface area contributed by atoms with Gasteiger partial charge in [-0.05, 0) is 24.7 Å². The second kappa shape index (κ2) is 6.48. The van der Waals surface area contributed by atoms with E-state index in [9.17, 15) is 0 Å². The molecule has 0 radical (unpaired) electrons. The Hall–Kier alpha value is -0.940. The van der Waals surface area contributed by atoms with Crippen LogP contribution in [-0.4, -0.2) is 29.9 Å². The van der Waals surface area contributed by atoms with E-state index in [0.717, 1.165) is 5.82 Å². The molecule has 1 aliphatic carbocycles. The average molecular weight is 267 g/mol. The van der Waals surface area contributed by atoms with E-state index in [1.54, 1.807) is 7.11 Å². The molecule has 0 aromatic carbocycles. The minimum atomic E-state index is 0.453. The highest BCUT2D eigenvalue weighted by Crippen LogP contribution is 2.35. The van der Waals surface area contributed by atoms with Crippen LogP contribution in [0.2, 0.25) is 0 Å². The Morgan fingerprint density at radius 1 is 1.47 bits per heavy atom. The molecule has 0 bridgehead atoms. The molecule has 1 aromatic rings. The topological polar surface area (TPSA) is 60.2 Å². The highest BCUT2D eigenvalue weighted by atomic mass is 16.5. The molecule has 0 spiro atoms. The highest BCUT2D eigenvalue weighted by molar-refractivity contribution is 4.88. The Morgan fingerprint density at radius 3 is 3.05 bits per heavy atom. The van der Waals surface area contributed by atoms with E-state index in [-0.39, 0.29) is 0 Å². The first-order valence-electron chi connectivity index (χ1n) is 7.13. The fraction of sp³-hybridized carbons (Fsp3) is 0.857. The highest BCUT2D eigenvalue weighted by Gasteiger charge is 2.27. The van der Waals surface area contributed by atoms with Crippen molar-refractivity contribution in [3.63, 3.8) is 0 Å². The second-order valence-electron chi connectivity index (χ2n) is 6.19. The van der Waals surface area contributed by atoms with Crippen LogP contribution in [0.5, 0.6) is 0 Å². The maximum atomic E-state index is 5.23. The van der Waals surface area contributed by atoms with E-state index in [1.165, 1.54) is 25.7 Å². The molecule has 1 atom stereocenters. The number of hydrogen-bond donors (Lipinski definition) is 1. The number of ether oxygens (including phenoxy) is 1. The predicted octanol–water partition coefficient (Wildman–Crippen LogP) is 2.32. The van der Waals surface area contributed by atoms with Gasteiger partial charge in [-0.2, -0.15) is 4.98 Å². The zero-order chi connectivity index (χ0) is 13.7. The van der Waals surface area contributed by atoms with Crippen LogP contribution in [0.1, 0.15) is 51.2 Å². The summed E-state index contributed by atoms with van der Waals surface area (Å²) in [6, 6.07) is 0.568. The van der Waals surface area contributed by atoms with Gasteiger partial charge in [-0.3, -0.25) is 0 Å². The van der Waals surface area contributed by atoms with Gasteiger partial charge in [-0.15, -0.1) is 0 Å². The normalized spacial score (nSPS) is 22.6. The zero-order valence-electron chi connectivity index (χ0n) is 12.2. The third-order valence-electron chi connectivity index (χ3n) is 3.79. The molecule has 1 fully saturated rings. The molecule has 1 aliphatic rings. The van der Waals surface area contributed by atoms with E-state index in [4.69, 9.17) is 9.26 Å². The lowest BCUT2D eigenvalue weighted by Gasteiger charge is -2.35. The molecule has 5 heteroatoms. The fourth-order valence-electron chi connectivity index (χ4n) is 2.76. The number of aromatic nitrogens is 2. The van der Waals surface area contributed by atoms with Crippen molar-refractivity contribution in [2.75, 3.05) is 13.7 Å². The van der Waals surface area contributed by atoms with Gasteiger partial charge in [0.05, 0.1) is 13.2 Å². The summed E-state index contributed by atoms with van der Waals surface area (Å²) in [6.45, 7) is 5.98. The number of hydrogen-bond acceptors (Lipinski definition) is 5. The minimum absolute atomic E-state index is 0.453. The van der Waals surface area contributed by atoms with Crippen molar-refractivity contribution in [2.45, 2.75) is 58.5 Å². The third-order valence-corrected chi connectivity index (χ3v) is 3.79. The molecule has 0 aliphatic heterocycles. The van der Waals surface area contributed by atoms with Crippen LogP contribution in [0, 0.1) is 5.41 Å². The molecular weight excluding hydrogens is 242 g/mol. The summed E-state index contributed by atoms with van der Waals surface area (Å²) in [5.74, 6) is 1.40. The average Bonchev–Trinajstić information content (AvgIpc) is 2.81. The smallest absolute Gasteiger partial charge is 0.240 e. The molecule has 1 N–H and O–H groups in total. The maximum Gasteiger partial charge on any atom is 0.240 e. The van der Waals surface area contributed by atoms with Crippen molar-refractivity contribution in [2.24, 2.45) is 5.41 Å². The molecule has 2 rings (SSSR count). The molecule has 0 amide bonds. The van der Waals surface area contributed by atoms with Crippen molar-refractivity contribution in [3.8, 4) is 0 Å². The van der Waals surface area contributed by atoms with Gasteiger partial charge in [0.1, 0.15) is 0 Å². The summed E-state index contributed by atoms with van der Waals surface area (Å²) in [4.78, 5) is 4.35. The number of nitrogens with one attached hydrogen (secondary N) is 1. The van der Waals surface area contributed by atoms with Crippen molar-refractivity contribution < 1.29 is 9.26 Å². The Balaban J connectivity index is 1.77. The first kappa shape index (κ1) is 14.5. The van der Waals surface area contributed by atoms with E-state index < -0.39 is 0 Å². The Bertz CT molecular complexity index is 390. The monoisotopic (exact) mass is 267 g/mol. The summed E-state index contributed by atoms with van der Waals surface area (Å²) in [5, 5.41) is 7.48. The lowest BCUT2D eigenvalue weighted by atomic mass is 9.75. The van der Waals surface area contributed by atoms with E-state index in [0.29, 0.717) is 36.9 Å². The first-order chi connectivity index (χ1) is 9.09. The van der Waals surface area contributed by atoms with E-state index in [2.05, 4.69) is 29.3 Å². The van der Waals surface area contributed by atoms with Gasteiger partial charge in [-0.1, -0.05) is 25.4 Å². The first-order valence-corrected chi connectivity index (χ1v) is 7.13. The lowest BCUT2D eigenvalue weighted by molar-refractivity contribution is 0.193. The lowest BCUT2D eigenvalue weighted by Crippen LogP contribution is -2.36. The Kier molecular flexibility index (Phi) is 4.93. The number of rotatable bonds is 6. The van der Waals surface area contributed by atoms with Crippen molar-refractivity contribution in [1.29, 1.82) is 0 Å². The Morgan fingerprint density at radius 2 is 2.32 bits per heavy atom. The van der Waals surface area contributed by atoms with Crippen LogP contribution in [0.4, 0.5) is 0 Å². The van der Waals surface area contributed by atoms with Gasteiger partial charge in [0.2, 0.25) is 5.89 Å². The summed E-state index contributed by atoms with van der Waals surface area (Å²) in [5.41, 5.74) is 0.453. The van der Waals surface area contributed by atoms with Crippen LogP contribution in [0.25, 0.3) is 0 Å². The molecule has 1 saturated carbocycles. The molecule has 1 aromatic heterocycles. The van der Waals surface area contributed by atoms with Crippen LogP contribution in [0.15, 0.2) is 4.52 Å². The predicted molar refractivity (Wildman–Crippen MR) is 72.8 cm³/mol. The number of methoxy groups -OCH3 is 1.